The van der Waals surface area contributed by atoms with Crippen molar-refractivity contribution in [1.29, 1.82) is 0 Å². The Hall–Kier alpha value is -1.40. The van der Waals surface area contributed by atoms with E-state index in [0.717, 1.165) is 13.0 Å². The lowest BCUT2D eigenvalue weighted by atomic mass is 9.83. The molecule has 2 rings (SSSR count). The summed E-state index contributed by atoms with van der Waals surface area (Å²) in [6.07, 6.45) is 2.42. The molecule has 1 aromatic rings. The number of nitrogens with zero attached hydrogens (tertiary/aromatic N) is 2. The zero-order valence-corrected chi connectivity index (χ0v) is 13.7. The van der Waals surface area contributed by atoms with Gasteiger partial charge in [-0.25, -0.2) is 0 Å². The molecule has 2 heterocycles. The molecule has 0 saturated heterocycles. The lowest BCUT2D eigenvalue weighted by Gasteiger charge is -2.32. The average Bonchev–Trinajstić information content (AvgIpc) is 2.83. The molecule has 116 valence electrons. The van der Waals surface area contributed by atoms with E-state index in [-0.39, 0.29) is 16.0 Å². The zero-order valence-electron chi connectivity index (χ0n) is 12.9. The van der Waals surface area contributed by atoms with Gasteiger partial charge >= 0.3 is 5.69 Å². The van der Waals surface area contributed by atoms with Crippen molar-refractivity contribution in [2.24, 2.45) is 5.41 Å². The highest BCUT2D eigenvalue weighted by atomic mass is 32.1. The van der Waals surface area contributed by atoms with Crippen LogP contribution >= 0.6 is 11.3 Å². The van der Waals surface area contributed by atoms with Crippen LogP contribution in [0.3, 0.4) is 0 Å². The van der Waals surface area contributed by atoms with Gasteiger partial charge in [0, 0.05) is 24.0 Å². The van der Waals surface area contributed by atoms with Crippen molar-refractivity contribution < 1.29 is 10.0 Å². The molecule has 1 unspecified atom stereocenters. The molecule has 1 atom stereocenters. The fourth-order valence-corrected chi connectivity index (χ4v) is 3.59. The summed E-state index contributed by atoms with van der Waals surface area (Å²) < 4.78 is 0. The molecular weight excluding hydrogens is 288 g/mol. The van der Waals surface area contributed by atoms with Gasteiger partial charge in [-0.2, -0.15) is 0 Å². The molecule has 5 nitrogen and oxygen atoms in total. The van der Waals surface area contributed by atoms with Crippen molar-refractivity contribution in [2.75, 3.05) is 18.0 Å². The summed E-state index contributed by atoms with van der Waals surface area (Å²) in [5, 5.41) is 21.5. The Morgan fingerprint density at radius 2 is 2.14 bits per heavy atom. The number of rotatable bonds is 3. The van der Waals surface area contributed by atoms with Crippen LogP contribution in [0.15, 0.2) is 17.7 Å². The Balaban J connectivity index is 2.28. The lowest BCUT2D eigenvalue weighted by molar-refractivity contribution is -0.383. The van der Waals surface area contributed by atoms with Crippen LogP contribution < -0.4 is 4.90 Å². The lowest BCUT2D eigenvalue weighted by Crippen LogP contribution is -2.31. The van der Waals surface area contributed by atoms with Crippen molar-refractivity contribution in [1.82, 2.24) is 0 Å². The molecule has 0 radical (unpaired) electrons. The molecule has 21 heavy (non-hydrogen) atoms. The second-order valence-corrected chi connectivity index (χ2v) is 7.51. The van der Waals surface area contributed by atoms with Gasteiger partial charge in [0.15, 0.2) is 5.00 Å². The number of hydrogen-bond donors (Lipinski definition) is 1. The molecule has 1 aromatic heterocycles. The number of thiophene rings is 1. The van der Waals surface area contributed by atoms with Gasteiger partial charge in [0.25, 0.3) is 0 Å². The van der Waals surface area contributed by atoms with Crippen LogP contribution in [0.4, 0.5) is 10.7 Å². The third-order valence-corrected chi connectivity index (χ3v) is 5.14. The number of hydrogen-bond acceptors (Lipinski definition) is 5. The Bertz CT molecular complexity index is 570. The summed E-state index contributed by atoms with van der Waals surface area (Å²) in [7, 11) is 0. The Kier molecular flexibility index (Phi) is 4.39. The average molecular weight is 310 g/mol. The van der Waals surface area contributed by atoms with Crippen molar-refractivity contribution in [3.8, 4) is 0 Å². The van der Waals surface area contributed by atoms with Gasteiger partial charge in [-0.05, 0) is 18.8 Å². The molecule has 0 fully saturated rings. The van der Waals surface area contributed by atoms with E-state index in [1.165, 1.54) is 23.0 Å². The Morgan fingerprint density at radius 3 is 2.57 bits per heavy atom. The molecule has 0 aromatic carbocycles. The molecule has 0 aliphatic carbocycles. The van der Waals surface area contributed by atoms with Crippen LogP contribution in [-0.4, -0.2) is 23.1 Å². The number of aliphatic hydroxyl groups excluding tert-OH is 1. The third kappa shape index (κ3) is 3.44. The predicted molar refractivity (Wildman–Crippen MR) is 86.0 cm³/mol. The fraction of sp³-hybridized carbons (Fsp3) is 0.600. The van der Waals surface area contributed by atoms with E-state index in [1.807, 2.05) is 4.90 Å². The number of anilines is 1. The number of nitro groups is 1. The van der Waals surface area contributed by atoms with Crippen molar-refractivity contribution >= 4 is 22.0 Å². The second-order valence-electron chi connectivity index (χ2n) is 6.45. The minimum Gasteiger partial charge on any atom is -0.388 e. The first-order valence-corrected chi connectivity index (χ1v) is 7.92. The zero-order chi connectivity index (χ0) is 15.8. The van der Waals surface area contributed by atoms with Crippen molar-refractivity contribution in [3.05, 3.63) is 32.7 Å². The van der Waals surface area contributed by atoms with E-state index in [1.54, 1.807) is 6.92 Å². The quantitative estimate of drug-likeness (QED) is 0.522. The molecule has 1 N–H and O–H groups in total. The first-order valence-electron chi connectivity index (χ1n) is 7.11. The van der Waals surface area contributed by atoms with E-state index in [4.69, 9.17) is 0 Å². The molecule has 1 aliphatic heterocycles. The SMILES string of the molecule is CC(O)c1cc([N+](=O)[O-])c(N2CC=C(C(C)(C)C)CC2)s1. The van der Waals surface area contributed by atoms with Gasteiger partial charge in [-0.3, -0.25) is 10.1 Å². The van der Waals surface area contributed by atoms with Crippen molar-refractivity contribution in [2.45, 2.75) is 40.2 Å². The van der Waals surface area contributed by atoms with E-state index in [0.29, 0.717) is 16.4 Å². The topological polar surface area (TPSA) is 66.6 Å². The second kappa shape index (κ2) is 5.77. The van der Waals surface area contributed by atoms with Crippen LogP contribution in [0.25, 0.3) is 0 Å². The largest absolute Gasteiger partial charge is 0.388 e. The van der Waals surface area contributed by atoms with Gasteiger partial charge in [0.05, 0.1) is 11.0 Å². The molecule has 0 saturated carbocycles. The molecular formula is C15H22N2O3S. The summed E-state index contributed by atoms with van der Waals surface area (Å²) in [6.45, 7) is 9.67. The minimum atomic E-state index is -0.673. The van der Waals surface area contributed by atoms with Crippen LogP contribution in [0.1, 0.15) is 45.1 Å². The summed E-state index contributed by atoms with van der Waals surface area (Å²) in [4.78, 5) is 13.5. The minimum absolute atomic E-state index is 0.100. The summed E-state index contributed by atoms with van der Waals surface area (Å²) >= 11 is 1.32. The van der Waals surface area contributed by atoms with Gasteiger partial charge in [0.1, 0.15) is 0 Å². The van der Waals surface area contributed by atoms with E-state index in [2.05, 4.69) is 26.8 Å². The smallest absolute Gasteiger partial charge is 0.304 e. The monoisotopic (exact) mass is 310 g/mol. The summed E-state index contributed by atoms with van der Waals surface area (Å²) in [5.41, 5.74) is 1.65. The van der Waals surface area contributed by atoms with E-state index in [9.17, 15) is 15.2 Å². The van der Waals surface area contributed by atoms with E-state index < -0.39 is 6.10 Å². The summed E-state index contributed by atoms with van der Waals surface area (Å²) in [6, 6.07) is 1.49. The maximum Gasteiger partial charge on any atom is 0.304 e. The third-order valence-electron chi connectivity index (χ3n) is 3.78. The molecule has 0 amide bonds. The van der Waals surface area contributed by atoms with Crippen LogP contribution in [0.2, 0.25) is 0 Å². The maximum absolute atomic E-state index is 11.2. The standard InChI is InChI=1S/C15H22N2O3S/c1-10(18)13-9-12(17(19)20)14(21-13)16-7-5-11(6-8-16)15(2,3)4/h5,9-10,18H,6-8H2,1-4H3. The van der Waals surface area contributed by atoms with E-state index >= 15 is 0 Å². The van der Waals surface area contributed by atoms with Gasteiger partial charge in [-0.15, -0.1) is 11.3 Å². The predicted octanol–water partition coefficient (Wildman–Crippen LogP) is 3.89. The maximum atomic E-state index is 11.2. The molecule has 1 aliphatic rings. The Morgan fingerprint density at radius 1 is 1.48 bits per heavy atom. The van der Waals surface area contributed by atoms with Gasteiger partial charge < -0.3 is 10.0 Å². The summed E-state index contributed by atoms with van der Waals surface area (Å²) in [5.74, 6) is 0. The first-order chi connectivity index (χ1) is 9.70. The van der Waals surface area contributed by atoms with Gasteiger partial charge in [-0.1, -0.05) is 32.4 Å². The highest BCUT2D eigenvalue weighted by Gasteiger charge is 2.28. The first kappa shape index (κ1) is 16.0. The fourth-order valence-electron chi connectivity index (χ4n) is 2.49. The Labute approximate surface area is 129 Å². The van der Waals surface area contributed by atoms with Crippen LogP contribution in [0.5, 0.6) is 0 Å². The van der Waals surface area contributed by atoms with Crippen molar-refractivity contribution in [3.63, 3.8) is 0 Å². The highest BCUT2D eigenvalue weighted by molar-refractivity contribution is 7.16. The highest BCUT2D eigenvalue weighted by Crippen LogP contribution is 2.42. The number of aliphatic hydroxyl groups is 1. The van der Waals surface area contributed by atoms with Gasteiger partial charge in [0.2, 0.25) is 0 Å². The van der Waals surface area contributed by atoms with Crippen LogP contribution in [0, 0.1) is 15.5 Å². The van der Waals surface area contributed by atoms with Crippen LogP contribution in [-0.2, 0) is 0 Å². The normalized spacial score (nSPS) is 17.6. The molecule has 0 bridgehead atoms. The molecule has 0 spiro atoms. The molecule has 6 heteroatoms.